The summed E-state index contributed by atoms with van der Waals surface area (Å²) in [4.78, 5) is 0. The van der Waals surface area contributed by atoms with Gasteiger partial charge in [0.25, 0.3) is 0 Å². The van der Waals surface area contributed by atoms with Gasteiger partial charge >= 0.3 is 0 Å². The van der Waals surface area contributed by atoms with Crippen molar-refractivity contribution in [2.24, 2.45) is 0 Å². The Morgan fingerprint density at radius 2 is 1.89 bits per heavy atom. The summed E-state index contributed by atoms with van der Waals surface area (Å²) in [6.45, 7) is 0. The molecule has 0 fully saturated rings. The highest BCUT2D eigenvalue weighted by molar-refractivity contribution is 6.35. The molecule has 3 nitrogen and oxygen atoms in total. The third-order valence-corrected chi connectivity index (χ3v) is 2.94. The summed E-state index contributed by atoms with van der Waals surface area (Å²) < 4.78 is 5.15. The molecule has 0 saturated carbocycles. The molecule has 2 aromatic carbocycles. The Balaban J connectivity index is 2.33. The Kier molecular flexibility index (Phi) is 3.84. The maximum atomic E-state index is 6.08. The van der Waals surface area contributed by atoms with Crippen LogP contribution in [0.15, 0.2) is 36.4 Å². The minimum Gasteiger partial charge on any atom is -0.497 e. The Hall–Kier alpha value is -1.58. The number of hydrogen-bond donors (Lipinski definition) is 2. The molecule has 0 unspecified atom stereocenters. The number of halogens is 2. The summed E-state index contributed by atoms with van der Waals surface area (Å²) in [5.74, 6) is 0.677. The summed E-state index contributed by atoms with van der Waals surface area (Å²) in [6.07, 6.45) is 0. The molecule has 5 heteroatoms. The van der Waals surface area contributed by atoms with Gasteiger partial charge in [0.05, 0.1) is 17.8 Å². The molecule has 0 aliphatic rings. The fourth-order valence-electron chi connectivity index (χ4n) is 1.56. The zero-order valence-electron chi connectivity index (χ0n) is 9.71. The maximum Gasteiger partial charge on any atom is 0.122 e. The van der Waals surface area contributed by atoms with Crippen LogP contribution in [0.25, 0.3) is 0 Å². The lowest BCUT2D eigenvalue weighted by Gasteiger charge is -2.11. The number of ether oxygens (including phenoxy) is 1. The number of rotatable bonds is 3. The van der Waals surface area contributed by atoms with Crippen LogP contribution in [0.2, 0.25) is 10.0 Å². The Labute approximate surface area is 115 Å². The molecule has 0 spiro atoms. The molecule has 0 amide bonds. The van der Waals surface area contributed by atoms with E-state index in [0.29, 0.717) is 21.5 Å². The zero-order chi connectivity index (χ0) is 13.1. The van der Waals surface area contributed by atoms with Gasteiger partial charge in [-0.25, -0.2) is 0 Å². The predicted octanol–water partition coefficient (Wildman–Crippen LogP) is 4.33. The quantitative estimate of drug-likeness (QED) is 0.824. The predicted molar refractivity (Wildman–Crippen MR) is 77.2 cm³/mol. The third kappa shape index (κ3) is 3.00. The molecule has 0 aromatic heterocycles. The minimum atomic E-state index is 0.584. The van der Waals surface area contributed by atoms with Crippen LogP contribution in [-0.2, 0) is 0 Å². The van der Waals surface area contributed by atoms with Crippen LogP contribution in [0.5, 0.6) is 5.75 Å². The lowest BCUT2D eigenvalue weighted by Crippen LogP contribution is -1.95. The van der Waals surface area contributed by atoms with Crippen LogP contribution in [0.1, 0.15) is 0 Å². The van der Waals surface area contributed by atoms with Crippen molar-refractivity contribution < 1.29 is 4.74 Å². The monoisotopic (exact) mass is 282 g/mol. The third-order valence-electron chi connectivity index (χ3n) is 2.37. The van der Waals surface area contributed by atoms with Gasteiger partial charge in [-0.2, -0.15) is 0 Å². The first kappa shape index (κ1) is 12.9. The number of nitrogens with one attached hydrogen (secondary N) is 1. The number of hydrogen-bond acceptors (Lipinski definition) is 3. The molecule has 0 radical (unpaired) electrons. The van der Waals surface area contributed by atoms with Crippen LogP contribution in [0.4, 0.5) is 17.1 Å². The SMILES string of the molecule is COc1cc(N)cc(Nc2cc(Cl)ccc2Cl)c1. The summed E-state index contributed by atoms with van der Waals surface area (Å²) in [5.41, 5.74) is 7.89. The van der Waals surface area contributed by atoms with Gasteiger partial charge in [-0.1, -0.05) is 23.2 Å². The molecule has 0 aliphatic heterocycles. The van der Waals surface area contributed by atoms with E-state index in [4.69, 9.17) is 33.7 Å². The summed E-state index contributed by atoms with van der Waals surface area (Å²) in [6, 6.07) is 10.6. The van der Waals surface area contributed by atoms with Crippen molar-refractivity contribution in [2.75, 3.05) is 18.2 Å². The highest BCUT2D eigenvalue weighted by Gasteiger charge is 2.04. The van der Waals surface area contributed by atoms with Crippen LogP contribution < -0.4 is 15.8 Å². The first-order valence-electron chi connectivity index (χ1n) is 5.25. The second kappa shape index (κ2) is 5.38. The van der Waals surface area contributed by atoms with Crippen molar-refractivity contribution in [3.05, 3.63) is 46.4 Å². The van der Waals surface area contributed by atoms with E-state index in [1.807, 2.05) is 6.07 Å². The minimum absolute atomic E-state index is 0.584. The number of anilines is 3. The fourth-order valence-corrected chi connectivity index (χ4v) is 1.90. The highest BCUT2D eigenvalue weighted by atomic mass is 35.5. The Morgan fingerprint density at radius 1 is 1.11 bits per heavy atom. The number of benzene rings is 2. The van der Waals surface area contributed by atoms with E-state index in [1.54, 1.807) is 37.4 Å². The zero-order valence-corrected chi connectivity index (χ0v) is 11.2. The van der Waals surface area contributed by atoms with Gasteiger partial charge in [-0.3, -0.25) is 0 Å². The lowest BCUT2D eigenvalue weighted by molar-refractivity contribution is 0.415. The Morgan fingerprint density at radius 3 is 2.61 bits per heavy atom. The molecule has 0 saturated heterocycles. The van der Waals surface area contributed by atoms with Crippen LogP contribution >= 0.6 is 23.2 Å². The normalized spacial score (nSPS) is 10.2. The van der Waals surface area contributed by atoms with Crippen molar-refractivity contribution in [1.82, 2.24) is 0 Å². The average molecular weight is 283 g/mol. The van der Waals surface area contributed by atoms with E-state index in [2.05, 4.69) is 5.32 Å². The highest BCUT2D eigenvalue weighted by Crippen LogP contribution is 2.30. The van der Waals surface area contributed by atoms with Gasteiger partial charge in [-0.15, -0.1) is 0 Å². The fraction of sp³-hybridized carbons (Fsp3) is 0.0769. The van der Waals surface area contributed by atoms with E-state index in [0.717, 1.165) is 11.4 Å². The van der Waals surface area contributed by atoms with Crippen molar-refractivity contribution >= 4 is 40.3 Å². The van der Waals surface area contributed by atoms with Gasteiger partial charge in [0.2, 0.25) is 0 Å². The Bertz CT molecular complexity index is 573. The maximum absolute atomic E-state index is 6.08. The molecule has 0 atom stereocenters. The van der Waals surface area contributed by atoms with Crippen molar-refractivity contribution in [3.63, 3.8) is 0 Å². The number of nitrogens with two attached hydrogens (primary N) is 1. The van der Waals surface area contributed by atoms with Crippen LogP contribution in [-0.4, -0.2) is 7.11 Å². The lowest BCUT2D eigenvalue weighted by atomic mass is 10.2. The second-order valence-corrected chi connectivity index (χ2v) is 4.59. The van der Waals surface area contributed by atoms with Crippen molar-refractivity contribution in [3.8, 4) is 5.75 Å². The van der Waals surface area contributed by atoms with Crippen molar-refractivity contribution in [1.29, 1.82) is 0 Å². The summed E-state index contributed by atoms with van der Waals surface area (Å²) in [5, 5.41) is 4.35. The van der Waals surface area contributed by atoms with E-state index >= 15 is 0 Å². The number of methoxy groups -OCH3 is 1. The molecular weight excluding hydrogens is 271 g/mol. The van der Waals surface area contributed by atoms with E-state index < -0.39 is 0 Å². The molecule has 0 aliphatic carbocycles. The first-order chi connectivity index (χ1) is 8.58. The smallest absolute Gasteiger partial charge is 0.122 e. The topological polar surface area (TPSA) is 47.3 Å². The van der Waals surface area contributed by atoms with E-state index in [-0.39, 0.29) is 0 Å². The largest absolute Gasteiger partial charge is 0.497 e. The first-order valence-corrected chi connectivity index (χ1v) is 6.01. The van der Waals surface area contributed by atoms with E-state index in [1.165, 1.54) is 0 Å². The van der Waals surface area contributed by atoms with Gasteiger partial charge in [0, 0.05) is 28.5 Å². The van der Waals surface area contributed by atoms with Gasteiger partial charge in [0.15, 0.2) is 0 Å². The standard InChI is InChI=1S/C13H12Cl2N2O/c1-18-11-6-9(16)5-10(7-11)17-13-4-8(14)2-3-12(13)15/h2-7,17H,16H2,1H3. The van der Waals surface area contributed by atoms with Gasteiger partial charge in [-0.05, 0) is 24.3 Å². The molecule has 94 valence electrons. The molecule has 2 aromatic rings. The molecule has 2 rings (SSSR count). The summed E-state index contributed by atoms with van der Waals surface area (Å²) in [7, 11) is 1.59. The molecular formula is C13H12Cl2N2O. The molecule has 0 heterocycles. The van der Waals surface area contributed by atoms with Gasteiger partial charge < -0.3 is 15.8 Å². The number of nitrogen functional groups attached to an aromatic ring is 1. The second-order valence-electron chi connectivity index (χ2n) is 3.74. The van der Waals surface area contributed by atoms with Crippen LogP contribution in [0, 0.1) is 0 Å². The molecule has 18 heavy (non-hydrogen) atoms. The molecule has 0 bridgehead atoms. The summed E-state index contributed by atoms with van der Waals surface area (Å²) >= 11 is 12.0. The average Bonchev–Trinajstić information content (AvgIpc) is 2.33. The van der Waals surface area contributed by atoms with Crippen molar-refractivity contribution in [2.45, 2.75) is 0 Å². The van der Waals surface area contributed by atoms with Crippen LogP contribution in [0.3, 0.4) is 0 Å². The van der Waals surface area contributed by atoms with Gasteiger partial charge in [0.1, 0.15) is 5.75 Å². The molecule has 3 N–H and O–H groups in total. The van der Waals surface area contributed by atoms with E-state index in [9.17, 15) is 0 Å².